The molecule has 0 amide bonds. The van der Waals surface area contributed by atoms with Gasteiger partial charge in [-0.05, 0) is 63.1 Å². The van der Waals surface area contributed by atoms with Gasteiger partial charge < -0.3 is 10.2 Å². The molecule has 0 aliphatic rings. The molecular formula is C34H34Cl4N4O6. The summed E-state index contributed by atoms with van der Waals surface area (Å²) in [5.41, 5.74) is -1.17. The second kappa shape index (κ2) is 15.2. The van der Waals surface area contributed by atoms with E-state index in [1.165, 1.54) is 45.8 Å². The summed E-state index contributed by atoms with van der Waals surface area (Å²) in [6.07, 6.45) is 2.67. The lowest BCUT2D eigenvalue weighted by Gasteiger charge is -2.32. The fraction of sp³-hybridized carbons (Fsp3) is 0.353. The zero-order valence-electron chi connectivity index (χ0n) is 26.7. The molecule has 4 aromatic rings. The van der Waals surface area contributed by atoms with Gasteiger partial charge in [-0.3, -0.25) is 28.5 Å². The van der Waals surface area contributed by atoms with Gasteiger partial charge in [0, 0.05) is 41.7 Å². The van der Waals surface area contributed by atoms with Gasteiger partial charge in [0.25, 0.3) is 0 Å². The van der Waals surface area contributed by atoms with E-state index < -0.39 is 28.9 Å². The molecule has 254 valence electrons. The second-order valence-corrected chi connectivity index (χ2v) is 13.3. The molecule has 0 bridgehead atoms. The lowest BCUT2D eigenvalue weighted by atomic mass is 9.71. The van der Waals surface area contributed by atoms with Crippen molar-refractivity contribution in [3.05, 3.63) is 102 Å². The summed E-state index contributed by atoms with van der Waals surface area (Å²) >= 11 is 25.1. The predicted octanol–water partition coefficient (Wildman–Crippen LogP) is 8.03. The quantitative estimate of drug-likeness (QED) is 0.0923. The van der Waals surface area contributed by atoms with Crippen LogP contribution >= 0.6 is 46.4 Å². The summed E-state index contributed by atoms with van der Waals surface area (Å²) in [6, 6.07) is 8.81. The molecule has 0 aliphatic heterocycles. The number of aryl methyl sites for hydroxylation is 4. The number of carbonyl (C=O) groups is 4. The van der Waals surface area contributed by atoms with Crippen LogP contribution < -0.4 is 0 Å². The number of hydrogen-bond acceptors (Lipinski definition) is 6. The Hall–Kier alpha value is -3.70. The Kier molecular flexibility index (Phi) is 11.8. The van der Waals surface area contributed by atoms with E-state index in [-0.39, 0.29) is 67.9 Å². The fourth-order valence-electron chi connectivity index (χ4n) is 6.31. The minimum absolute atomic E-state index is 0.0207. The summed E-state index contributed by atoms with van der Waals surface area (Å²) in [6.45, 7) is 3.20. The van der Waals surface area contributed by atoms with Crippen LogP contribution in [0.4, 0.5) is 0 Å². The maximum Gasteiger partial charge on any atom is 0.321 e. The number of unbranched alkanes of at least 4 members (excludes halogenated alkanes) is 4. The molecule has 2 heterocycles. The number of halogens is 4. The van der Waals surface area contributed by atoms with E-state index in [1.807, 2.05) is 0 Å². The average Bonchev–Trinajstić information content (AvgIpc) is 3.46. The van der Waals surface area contributed by atoms with Crippen molar-refractivity contribution < 1.29 is 29.4 Å². The Morgan fingerprint density at radius 2 is 1.10 bits per heavy atom. The van der Waals surface area contributed by atoms with Gasteiger partial charge in [-0.2, -0.15) is 10.2 Å². The Morgan fingerprint density at radius 3 is 1.50 bits per heavy atom. The normalized spacial score (nSPS) is 11.6. The Balaban J connectivity index is 1.98. The van der Waals surface area contributed by atoms with E-state index in [4.69, 9.17) is 51.5 Å². The molecule has 14 heteroatoms. The molecule has 10 nitrogen and oxygen atoms in total. The first-order chi connectivity index (χ1) is 22.6. The van der Waals surface area contributed by atoms with Gasteiger partial charge in [-0.1, -0.05) is 72.1 Å². The Morgan fingerprint density at radius 1 is 0.688 bits per heavy atom. The second-order valence-electron chi connectivity index (χ2n) is 11.6. The molecule has 0 saturated carbocycles. The van der Waals surface area contributed by atoms with Gasteiger partial charge in [-0.15, -0.1) is 0 Å². The van der Waals surface area contributed by atoms with Crippen LogP contribution in [0.1, 0.15) is 99.6 Å². The van der Waals surface area contributed by atoms with Crippen LogP contribution in [0.2, 0.25) is 20.1 Å². The molecule has 2 aromatic heterocycles. The molecular weight excluding hydrogens is 702 g/mol. The first-order valence-electron chi connectivity index (χ1n) is 15.1. The summed E-state index contributed by atoms with van der Waals surface area (Å²) in [5, 5.41) is 30.2. The molecule has 48 heavy (non-hydrogen) atoms. The number of aromatic nitrogens is 4. The van der Waals surface area contributed by atoms with E-state index in [0.717, 1.165) is 0 Å². The van der Waals surface area contributed by atoms with Crippen LogP contribution in [-0.4, -0.2) is 53.3 Å². The van der Waals surface area contributed by atoms with Crippen LogP contribution in [-0.2, 0) is 29.1 Å². The third-order valence-corrected chi connectivity index (χ3v) is 9.46. The highest BCUT2D eigenvalue weighted by atomic mass is 35.5. The van der Waals surface area contributed by atoms with E-state index in [1.54, 1.807) is 27.9 Å². The van der Waals surface area contributed by atoms with Crippen molar-refractivity contribution in [2.75, 3.05) is 0 Å². The van der Waals surface area contributed by atoms with Gasteiger partial charge in [-0.25, -0.2) is 0 Å². The van der Waals surface area contributed by atoms with E-state index in [2.05, 4.69) is 10.2 Å². The molecule has 0 fully saturated rings. The maximum atomic E-state index is 14.3. The van der Waals surface area contributed by atoms with Gasteiger partial charge in [0.1, 0.15) is 0 Å². The van der Waals surface area contributed by atoms with Crippen LogP contribution in [0.25, 0.3) is 0 Å². The number of carbonyl (C=O) groups excluding carboxylic acids is 2. The van der Waals surface area contributed by atoms with Crippen molar-refractivity contribution in [1.29, 1.82) is 0 Å². The molecule has 4 rings (SSSR count). The number of carboxylic acids is 2. The SMILES string of the molecule is Cc1nn(C)c(C(CCCCCCCC(=O)O)(C(=O)O)c2c(C(=O)c3ccc(Cl)cc3Cl)c(C)nn2C)c1C(=O)c1ccc(Cl)cc1Cl. The van der Waals surface area contributed by atoms with Gasteiger partial charge in [0.05, 0.1) is 43.9 Å². The lowest BCUT2D eigenvalue weighted by Crippen LogP contribution is -2.43. The van der Waals surface area contributed by atoms with Crippen molar-refractivity contribution in [3.63, 3.8) is 0 Å². The molecule has 0 unspecified atom stereocenters. The first-order valence-corrected chi connectivity index (χ1v) is 16.7. The monoisotopic (exact) mass is 734 g/mol. The number of carboxylic acid groups (broad SMARTS) is 2. The third-order valence-electron chi connectivity index (χ3n) is 8.37. The van der Waals surface area contributed by atoms with Crippen LogP contribution in [0, 0.1) is 13.8 Å². The zero-order valence-corrected chi connectivity index (χ0v) is 29.8. The topological polar surface area (TPSA) is 144 Å². The van der Waals surface area contributed by atoms with Crippen molar-refractivity contribution in [3.8, 4) is 0 Å². The van der Waals surface area contributed by atoms with E-state index >= 15 is 0 Å². The molecule has 0 spiro atoms. The standard InChI is InChI=1S/C34H34Cl4N4O6/c1-18-27(29(45)22-13-11-20(35)16-24(22)37)31(41(3)39-18)34(33(47)48,15-9-7-5-6-8-10-26(43)44)32-28(19(2)40-42(32)4)30(46)23-14-12-21(36)17-25(23)38/h11-14,16-17H,5-10,15H2,1-4H3,(H,43,44)(H,47,48). The van der Waals surface area contributed by atoms with Gasteiger partial charge in [0.15, 0.2) is 17.0 Å². The third kappa shape index (κ3) is 7.32. The predicted molar refractivity (Wildman–Crippen MR) is 184 cm³/mol. The van der Waals surface area contributed by atoms with Crippen molar-refractivity contribution in [1.82, 2.24) is 19.6 Å². The van der Waals surface area contributed by atoms with Crippen LogP contribution in [0.15, 0.2) is 36.4 Å². The Labute approximate surface area is 297 Å². The largest absolute Gasteiger partial charge is 0.481 e. The highest BCUT2D eigenvalue weighted by Crippen LogP contribution is 2.44. The van der Waals surface area contributed by atoms with Crippen molar-refractivity contribution in [2.45, 2.75) is 64.2 Å². The van der Waals surface area contributed by atoms with Crippen molar-refractivity contribution in [2.24, 2.45) is 14.1 Å². The molecule has 0 aliphatic carbocycles. The lowest BCUT2D eigenvalue weighted by molar-refractivity contribution is -0.143. The highest BCUT2D eigenvalue weighted by molar-refractivity contribution is 6.38. The summed E-state index contributed by atoms with van der Waals surface area (Å²) in [7, 11) is 3.10. The molecule has 2 N–H and O–H groups in total. The number of aliphatic carboxylic acids is 2. The van der Waals surface area contributed by atoms with Crippen LogP contribution in [0.5, 0.6) is 0 Å². The average molecular weight is 736 g/mol. The van der Waals surface area contributed by atoms with E-state index in [0.29, 0.717) is 42.1 Å². The molecule has 0 radical (unpaired) electrons. The summed E-state index contributed by atoms with van der Waals surface area (Å²) in [5.74, 6) is -3.34. The minimum atomic E-state index is -2.03. The van der Waals surface area contributed by atoms with Crippen molar-refractivity contribution >= 4 is 69.9 Å². The first kappa shape index (κ1) is 37.1. The van der Waals surface area contributed by atoms with Gasteiger partial charge in [0.2, 0.25) is 0 Å². The fourth-order valence-corrected chi connectivity index (χ4v) is 7.30. The summed E-state index contributed by atoms with van der Waals surface area (Å²) < 4.78 is 2.72. The molecule has 0 atom stereocenters. The minimum Gasteiger partial charge on any atom is -0.481 e. The number of ketones is 2. The number of benzene rings is 2. The highest BCUT2D eigenvalue weighted by Gasteiger charge is 2.52. The number of nitrogens with zero attached hydrogens (tertiary/aromatic N) is 4. The Bertz CT molecular complexity index is 1800. The van der Waals surface area contributed by atoms with E-state index in [9.17, 15) is 24.3 Å². The van der Waals surface area contributed by atoms with Gasteiger partial charge >= 0.3 is 11.9 Å². The molecule has 2 aromatic carbocycles. The summed E-state index contributed by atoms with van der Waals surface area (Å²) in [4.78, 5) is 53.5. The molecule has 0 saturated heterocycles. The number of hydrogen-bond donors (Lipinski definition) is 2. The smallest absolute Gasteiger partial charge is 0.321 e. The zero-order chi connectivity index (χ0) is 35.5. The van der Waals surface area contributed by atoms with Crippen LogP contribution in [0.3, 0.4) is 0 Å². The maximum absolute atomic E-state index is 14.3. The number of rotatable bonds is 15.